The van der Waals surface area contributed by atoms with Gasteiger partial charge >= 0.3 is 0 Å². The maximum Gasteiger partial charge on any atom is 0.257 e. The maximum atomic E-state index is 12.1. The minimum absolute atomic E-state index is 0.148. The Kier molecular flexibility index (Phi) is 2.47. The number of hydrogen-bond acceptors (Lipinski definition) is 4. The number of furan rings is 1. The number of fused-ring (bicyclic) bond motifs is 2. The van der Waals surface area contributed by atoms with Crippen LogP contribution >= 0.6 is 0 Å². The summed E-state index contributed by atoms with van der Waals surface area (Å²) in [4.78, 5) is 19.3. The summed E-state index contributed by atoms with van der Waals surface area (Å²) in [6, 6.07) is 9.60. The van der Waals surface area contributed by atoms with Gasteiger partial charge in [-0.1, -0.05) is 18.2 Å². The number of nitrogens with one attached hydrogen (secondary N) is 1. The molecule has 0 spiro atoms. The topological polar surface area (TPSA) is 68.1 Å². The molecule has 0 saturated heterocycles. The molecule has 0 radical (unpaired) electrons. The molecule has 2 aromatic heterocycles. The van der Waals surface area contributed by atoms with Crippen LogP contribution in [0.4, 0.5) is 0 Å². The van der Waals surface area contributed by atoms with E-state index in [2.05, 4.69) is 9.97 Å². The molecule has 1 aliphatic rings. The van der Waals surface area contributed by atoms with Crippen LogP contribution in [-0.2, 0) is 17.8 Å². The molecule has 3 heterocycles. The predicted molar refractivity (Wildman–Crippen MR) is 73.4 cm³/mol. The average Bonchev–Trinajstić information content (AvgIpc) is 2.91. The van der Waals surface area contributed by atoms with Crippen molar-refractivity contribution in [2.24, 2.45) is 0 Å². The van der Waals surface area contributed by atoms with Crippen LogP contribution in [0.25, 0.3) is 22.6 Å². The third-order valence-electron chi connectivity index (χ3n) is 3.49. The molecular formula is C15H12N2O3. The van der Waals surface area contributed by atoms with Crippen molar-refractivity contribution in [3.05, 3.63) is 51.9 Å². The van der Waals surface area contributed by atoms with E-state index in [1.54, 1.807) is 0 Å². The highest BCUT2D eigenvalue weighted by Gasteiger charge is 2.18. The normalized spacial score (nSPS) is 14.4. The summed E-state index contributed by atoms with van der Waals surface area (Å²) in [5.74, 6) is 1.06. The van der Waals surface area contributed by atoms with Crippen LogP contribution in [-0.4, -0.2) is 16.6 Å². The summed E-state index contributed by atoms with van der Waals surface area (Å²) in [6.45, 7) is 0.932. The predicted octanol–water partition coefficient (Wildman–Crippen LogP) is 2.26. The van der Waals surface area contributed by atoms with Gasteiger partial charge in [-0.3, -0.25) is 4.79 Å². The van der Waals surface area contributed by atoms with Crippen LogP contribution in [0.3, 0.4) is 0 Å². The Morgan fingerprint density at radius 2 is 2.15 bits per heavy atom. The standard InChI is InChI=1S/C15H12N2O3/c18-15-10-8-19-6-5-11(10)16-14(17-15)13-7-9-3-1-2-4-12(9)20-13/h1-4,7H,5-6,8H2,(H,16,17,18). The number of H-pyrrole nitrogens is 1. The van der Waals surface area contributed by atoms with Gasteiger partial charge in [0.25, 0.3) is 5.56 Å². The van der Waals surface area contributed by atoms with E-state index in [1.807, 2.05) is 30.3 Å². The van der Waals surface area contributed by atoms with Crippen molar-refractivity contribution in [1.82, 2.24) is 9.97 Å². The molecule has 0 fully saturated rings. The Morgan fingerprint density at radius 3 is 3.05 bits per heavy atom. The number of hydrogen-bond donors (Lipinski definition) is 1. The van der Waals surface area contributed by atoms with Crippen molar-refractivity contribution in [2.45, 2.75) is 13.0 Å². The number of aromatic nitrogens is 2. The lowest BCUT2D eigenvalue weighted by atomic mass is 10.1. The highest BCUT2D eigenvalue weighted by molar-refractivity contribution is 5.81. The van der Waals surface area contributed by atoms with E-state index in [9.17, 15) is 4.79 Å². The molecule has 0 saturated carbocycles. The van der Waals surface area contributed by atoms with Crippen molar-refractivity contribution in [3.8, 4) is 11.6 Å². The number of ether oxygens (including phenoxy) is 1. The highest BCUT2D eigenvalue weighted by Crippen LogP contribution is 2.25. The van der Waals surface area contributed by atoms with Crippen LogP contribution in [0.2, 0.25) is 0 Å². The fraction of sp³-hybridized carbons (Fsp3) is 0.200. The van der Waals surface area contributed by atoms with Crippen molar-refractivity contribution in [2.75, 3.05) is 6.61 Å². The van der Waals surface area contributed by atoms with E-state index in [0.29, 0.717) is 36.8 Å². The SMILES string of the molecule is O=c1[nH]c(-c2cc3ccccc3o2)nc2c1COCC2. The van der Waals surface area contributed by atoms with Crippen molar-refractivity contribution >= 4 is 11.0 Å². The Labute approximate surface area is 114 Å². The van der Waals surface area contributed by atoms with Crippen molar-refractivity contribution < 1.29 is 9.15 Å². The Bertz CT molecular complexity index is 815. The third kappa shape index (κ3) is 1.75. The Morgan fingerprint density at radius 1 is 1.25 bits per heavy atom. The molecule has 1 aliphatic heterocycles. The van der Waals surface area contributed by atoms with Gasteiger partial charge in [0.1, 0.15) is 5.58 Å². The molecule has 0 unspecified atom stereocenters. The van der Waals surface area contributed by atoms with Gasteiger partial charge in [0, 0.05) is 11.8 Å². The average molecular weight is 268 g/mol. The summed E-state index contributed by atoms with van der Waals surface area (Å²) < 4.78 is 11.0. The Balaban J connectivity index is 1.89. The fourth-order valence-electron chi connectivity index (χ4n) is 2.46. The molecule has 5 nitrogen and oxygen atoms in total. The van der Waals surface area contributed by atoms with Gasteiger partial charge in [0.05, 0.1) is 24.5 Å². The van der Waals surface area contributed by atoms with Gasteiger partial charge in [-0.2, -0.15) is 0 Å². The quantitative estimate of drug-likeness (QED) is 0.735. The summed E-state index contributed by atoms with van der Waals surface area (Å²) in [6.07, 6.45) is 0.659. The molecule has 4 rings (SSSR count). The molecule has 5 heteroatoms. The van der Waals surface area contributed by atoms with Crippen molar-refractivity contribution in [1.29, 1.82) is 0 Å². The molecule has 1 N–H and O–H groups in total. The largest absolute Gasteiger partial charge is 0.453 e. The Hall–Kier alpha value is -2.40. The first-order valence-corrected chi connectivity index (χ1v) is 6.50. The first kappa shape index (κ1) is 11.4. The molecule has 100 valence electrons. The second-order valence-electron chi connectivity index (χ2n) is 4.79. The lowest BCUT2D eigenvalue weighted by Crippen LogP contribution is -2.24. The summed E-state index contributed by atoms with van der Waals surface area (Å²) in [7, 11) is 0. The van der Waals surface area contributed by atoms with Gasteiger partial charge in [-0.05, 0) is 12.1 Å². The zero-order valence-electron chi connectivity index (χ0n) is 10.7. The first-order chi connectivity index (χ1) is 9.81. The summed E-state index contributed by atoms with van der Waals surface area (Å²) in [5.41, 5.74) is 2.06. The van der Waals surface area contributed by atoms with E-state index < -0.39 is 0 Å². The molecule has 0 amide bonds. The van der Waals surface area contributed by atoms with Gasteiger partial charge in [-0.25, -0.2) is 4.98 Å². The highest BCUT2D eigenvalue weighted by atomic mass is 16.5. The van der Waals surface area contributed by atoms with E-state index in [1.165, 1.54) is 0 Å². The molecule has 20 heavy (non-hydrogen) atoms. The molecule has 3 aromatic rings. The number of benzene rings is 1. The van der Waals surface area contributed by atoms with Crippen molar-refractivity contribution in [3.63, 3.8) is 0 Å². The fourth-order valence-corrected chi connectivity index (χ4v) is 2.46. The molecule has 0 aliphatic carbocycles. The van der Waals surface area contributed by atoms with Crippen LogP contribution in [0.1, 0.15) is 11.3 Å². The monoisotopic (exact) mass is 268 g/mol. The maximum absolute atomic E-state index is 12.1. The summed E-state index contributed by atoms with van der Waals surface area (Å²) >= 11 is 0. The molecule has 1 aromatic carbocycles. The minimum atomic E-state index is -0.148. The van der Waals surface area contributed by atoms with Crippen LogP contribution < -0.4 is 5.56 Å². The smallest absolute Gasteiger partial charge is 0.257 e. The van der Waals surface area contributed by atoms with Crippen LogP contribution in [0.5, 0.6) is 0 Å². The minimum Gasteiger partial charge on any atom is -0.453 e. The third-order valence-corrected chi connectivity index (χ3v) is 3.49. The number of para-hydroxylation sites is 1. The van der Waals surface area contributed by atoms with E-state index in [0.717, 1.165) is 16.7 Å². The number of nitrogens with zero attached hydrogens (tertiary/aromatic N) is 1. The number of aromatic amines is 1. The first-order valence-electron chi connectivity index (χ1n) is 6.50. The van der Waals surface area contributed by atoms with Crippen LogP contribution in [0, 0.1) is 0 Å². The van der Waals surface area contributed by atoms with Gasteiger partial charge in [0.2, 0.25) is 0 Å². The number of rotatable bonds is 1. The van der Waals surface area contributed by atoms with E-state index >= 15 is 0 Å². The second-order valence-corrected chi connectivity index (χ2v) is 4.79. The second kappa shape index (κ2) is 4.31. The lowest BCUT2D eigenvalue weighted by molar-refractivity contribution is 0.108. The zero-order valence-corrected chi connectivity index (χ0v) is 10.7. The van der Waals surface area contributed by atoms with Gasteiger partial charge in [-0.15, -0.1) is 0 Å². The zero-order chi connectivity index (χ0) is 13.5. The molecule has 0 atom stereocenters. The summed E-state index contributed by atoms with van der Waals surface area (Å²) in [5, 5.41) is 0.992. The van der Waals surface area contributed by atoms with Gasteiger partial charge in [0.15, 0.2) is 11.6 Å². The van der Waals surface area contributed by atoms with E-state index in [4.69, 9.17) is 9.15 Å². The van der Waals surface area contributed by atoms with E-state index in [-0.39, 0.29) is 5.56 Å². The molecular weight excluding hydrogens is 256 g/mol. The van der Waals surface area contributed by atoms with Gasteiger partial charge < -0.3 is 14.1 Å². The lowest BCUT2D eigenvalue weighted by Gasteiger charge is -2.14. The van der Waals surface area contributed by atoms with Crippen LogP contribution in [0.15, 0.2) is 39.5 Å². The molecule has 0 bridgehead atoms.